The third-order valence-electron chi connectivity index (χ3n) is 2.59. The molecule has 0 heterocycles. The molecule has 0 amide bonds. The standard InChI is InChI=1S/C17H20N2/c1-5-8-16(18)11-13(4)15-10-9-14(6-2)17(12-15)19-7-3/h5-12H,2,4,18H2,1,3H3/b8-5-,16-11+,19-7-. The molecule has 0 aliphatic heterocycles. The van der Waals surface area contributed by atoms with E-state index in [4.69, 9.17) is 5.73 Å². The fourth-order valence-electron chi connectivity index (χ4n) is 1.69. The van der Waals surface area contributed by atoms with Crippen molar-refractivity contribution < 1.29 is 0 Å². The summed E-state index contributed by atoms with van der Waals surface area (Å²) in [6, 6.07) is 5.96. The van der Waals surface area contributed by atoms with E-state index >= 15 is 0 Å². The van der Waals surface area contributed by atoms with Crippen LogP contribution in [0.4, 0.5) is 5.69 Å². The van der Waals surface area contributed by atoms with Crippen LogP contribution in [0.3, 0.4) is 0 Å². The first-order valence-electron chi connectivity index (χ1n) is 6.16. The number of allylic oxidation sites excluding steroid dienone is 4. The molecule has 0 fully saturated rings. The van der Waals surface area contributed by atoms with Gasteiger partial charge in [-0.25, -0.2) is 0 Å². The first-order chi connectivity index (χ1) is 9.12. The fraction of sp³-hybridized carbons (Fsp3) is 0.118. The molecule has 1 rings (SSSR count). The Morgan fingerprint density at radius 1 is 1.32 bits per heavy atom. The molecule has 0 aliphatic carbocycles. The third kappa shape index (κ3) is 4.11. The zero-order valence-corrected chi connectivity index (χ0v) is 11.6. The molecule has 0 aliphatic rings. The van der Waals surface area contributed by atoms with Crippen LogP contribution in [0, 0.1) is 0 Å². The highest BCUT2D eigenvalue weighted by Gasteiger charge is 2.02. The maximum absolute atomic E-state index is 5.84. The number of nitrogens with zero attached hydrogens (tertiary/aromatic N) is 1. The quantitative estimate of drug-likeness (QED) is 0.608. The molecule has 2 heteroatoms. The summed E-state index contributed by atoms with van der Waals surface area (Å²) < 4.78 is 0. The second-order valence-corrected chi connectivity index (χ2v) is 4.03. The van der Waals surface area contributed by atoms with Crippen molar-refractivity contribution in [3.63, 3.8) is 0 Å². The average Bonchev–Trinajstić information content (AvgIpc) is 2.39. The number of hydrogen-bond acceptors (Lipinski definition) is 2. The van der Waals surface area contributed by atoms with Crippen molar-refractivity contribution in [1.29, 1.82) is 0 Å². The summed E-state index contributed by atoms with van der Waals surface area (Å²) in [4.78, 5) is 4.33. The van der Waals surface area contributed by atoms with Crippen LogP contribution in [0.1, 0.15) is 25.0 Å². The van der Waals surface area contributed by atoms with E-state index < -0.39 is 0 Å². The summed E-state index contributed by atoms with van der Waals surface area (Å²) in [5, 5.41) is 0. The van der Waals surface area contributed by atoms with Crippen LogP contribution < -0.4 is 5.73 Å². The van der Waals surface area contributed by atoms with E-state index in [0.29, 0.717) is 5.70 Å². The molecule has 98 valence electrons. The van der Waals surface area contributed by atoms with Crippen LogP contribution in [-0.2, 0) is 0 Å². The molecule has 0 aromatic heterocycles. The summed E-state index contributed by atoms with van der Waals surface area (Å²) in [6.07, 6.45) is 9.14. The Bertz CT molecular complexity index is 561. The van der Waals surface area contributed by atoms with Crippen LogP contribution in [-0.4, -0.2) is 6.21 Å². The number of hydrogen-bond donors (Lipinski definition) is 1. The maximum Gasteiger partial charge on any atom is 0.0703 e. The lowest BCUT2D eigenvalue weighted by atomic mass is 10.0. The van der Waals surface area contributed by atoms with Gasteiger partial charge in [0.2, 0.25) is 0 Å². The summed E-state index contributed by atoms with van der Waals surface area (Å²) in [5.74, 6) is 0. The molecule has 2 nitrogen and oxygen atoms in total. The molecule has 0 saturated carbocycles. The van der Waals surface area contributed by atoms with Crippen molar-refractivity contribution in [1.82, 2.24) is 0 Å². The largest absolute Gasteiger partial charge is 0.399 e. The Labute approximate surface area is 115 Å². The Balaban J connectivity index is 3.15. The first kappa shape index (κ1) is 14.7. The number of aliphatic imine (C=N–C) groups is 1. The van der Waals surface area contributed by atoms with Gasteiger partial charge in [0.1, 0.15) is 0 Å². The minimum absolute atomic E-state index is 0.681. The van der Waals surface area contributed by atoms with Gasteiger partial charge in [0.15, 0.2) is 0 Å². The Morgan fingerprint density at radius 2 is 2.05 bits per heavy atom. The van der Waals surface area contributed by atoms with E-state index in [1.807, 2.05) is 50.3 Å². The predicted molar refractivity (Wildman–Crippen MR) is 86.5 cm³/mol. The van der Waals surface area contributed by atoms with Crippen molar-refractivity contribution in [3.05, 3.63) is 66.4 Å². The second-order valence-electron chi connectivity index (χ2n) is 4.03. The van der Waals surface area contributed by atoms with Crippen molar-refractivity contribution in [2.24, 2.45) is 10.7 Å². The maximum atomic E-state index is 5.84. The van der Waals surface area contributed by atoms with Gasteiger partial charge in [-0.15, -0.1) is 0 Å². The van der Waals surface area contributed by atoms with Gasteiger partial charge in [-0.2, -0.15) is 0 Å². The molecular weight excluding hydrogens is 232 g/mol. The molecule has 0 unspecified atom stereocenters. The zero-order valence-electron chi connectivity index (χ0n) is 11.6. The molecular formula is C17H20N2. The van der Waals surface area contributed by atoms with Crippen LogP contribution in [0.2, 0.25) is 0 Å². The lowest BCUT2D eigenvalue weighted by Crippen LogP contribution is -1.93. The topological polar surface area (TPSA) is 38.4 Å². The summed E-state index contributed by atoms with van der Waals surface area (Å²) in [7, 11) is 0. The van der Waals surface area contributed by atoms with Gasteiger partial charge in [0, 0.05) is 11.9 Å². The van der Waals surface area contributed by atoms with Crippen molar-refractivity contribution in [2.45, 2.75) is 13.8 Å². The minimum Gasteiger partial charge on any atom is -0.399 e. The average molecular weight is 252 g/mol. The normalized spacial score (nSPS) is 12.2. The Morgan fingerprint density at radius 3 is 2.63 bits per heavy atom. The van der Waals surface area contributed by atoms with E-state index in [2.05, 4.69) is 18.2 Å². The second kappa shape index (κ2) is 7.17. The third-order valence-corrected chi connectivity index (χ3v) is 2.59. The zero-order chi connectivity index (χ0) is 14.3. The van der Waals surface area contributed by atoms with E-state index in [0.717, 1.165) is 22.4 Å². The van der Waals surface area contributed by atoms with E-state index in [1.165, 1.54) is 0 Å². The molecule has 0 radical (unpaired) electrons. The van der Waals surface area contributed by atoms with Crippen LogP contribution >= 0.6 is 0 Å². The monoisotopic (exact) mass is 252 g/mol. The van der Waals surface area contributed by atoms with Crippen molar-refractivity contribution >= 4 is 23.6 Å². The van der Waals surface area contributed by atoms with Gasteiger partial charge in [-0.1, -0.05) is 37.4 Å². The number of benzene rings is 1. The molecule has 2 N–H and O–H groups in total. The summed E-state index contributed by atoms with van der Waals surface area (Å²) in [6.45, 7) is 11.6. The SMILES string of the molecule is C=Cc1ccc(C(=C)/C=C(N)\C=C/C)cc1/N=C\C. The van der Waals surface area contributed by atoms with Crippen molar-refractivity contribution in [3.8, 4) is 0 Å². The van der Waals surface area contributed by atoms with Crippen LogP contribution in [0.5, 0.6) is 0 Å². The van der Waals surface area contributed by atoms with Gasteiger partial charge in [0.25, 0.3) is 0 Å². The highest BCUT2D eigenvalue weighted by Crippen LogP contribution is 2.26. The predicted octanol–water partition coefficient (Wildman–Crippen LogP) is 4.48. The molecule has 0 atom stereocenters. The molecule has 1 aromatic carbocycles. The van der Waals surface area contributed by atoms with Crippen molar-refractivity contribution in [2.75, 3.05) is 0 Å². The molecule has 1 aromatic rings. The highest BCUT2D eigenvalue weighted by atomic mass is 14.7. The molecule has 0 spiro atoms. The number of nitrogens with two attached hydrogens (primary N) is 1. The lowest BCUT2D eigenvalue weighted by molar-refractivity contribution is 1.41. The van der Waals surface area contributed by atoms with Gasteiger partial charge in [0.05, 0.1) is 5.69 Å². The lowest BCUT2D eigenvalue weighted by Gasteiger charge is -2.06. The molecule has 0 saturated heterocycles. The van der Waals surface area contributed by atoms with Crippen LogP contribution in [0.25, 0.3) is 11.6 Å². The van der Waals surface area contributed by atoms with Crippen LogP contribution in [0.15, 0.2) is 60.3 Å². The minimum atomic E-state index is 0.681. The van der Waals surface area contributed by atoms with E-state index in [-0.39, 0.29) is 0 Å². The Hall–Kier alpha value is -2.35. The number of rotatable bonds is 5. The van der Waals surface area contributed by atoms with E-state index in [1.54, 1.807) is 12.3 Å². The Kier molecular flexibility index (Phi) is 5.55. The smallest absolute Gasteiger partial charge is 0.0703 e. The highest BCUT2D eigenvalue weighted by molar-refractivity contribution is 5.78. The van der Waals surface area contributed by atoms with E-state index in [9.17, 15) is 0 Å². The summed E-state index contributed by atoms with van der Waals surface area (Å²) >= 11 is 0. The summed E-state index contributed by atoms with van der Waals surface area (Å²) in [5.41, 5.74) is 10.3. The molecule has 0 bridgehead atoms. The molecule has 19 heavy (non-hydrogen) atoms. The first-order valence-corrected chi connectivity index (χ1v) is 6.16. The van der Waals surface area contributed by atoms with Gasteiger partial charge < -0.3 is 5.73 Å². The van der Waals surface area contributed by atoms with Gasteiger partial charge in [-0.3, -0.25) is 4.99 Å². The fourth-order valence-corrected chi connectivity index (χ4v) is 1.69. The van der Waals surface area contributed by atoms with Gasteiger partial charge in [-0.05, 0) is 48.8 Å². The van der Waals surface area contributed by atoms with Gasteiger partial charge >= 0.3 is 0 Å².